The monoisotopic (exact) mass is 556 g/mol. The molecule has 2 aliphatic rings. The lowest BCUT2D eigenvalue weighted by Crippen LogP contribution is -2.53. The molecule has 4 heterocycles. The van der Waals surface area contributed by atoms with E-state index in [1.807, 2.05) is 11.9 Å². The molecule has 1 aromatic carbocycles. The molecule has 1 N–H and O–H groups in total. The van der Waals surface area contributed by atoms with Crippen LogP contribution in [0.3, 0.4) is 0 Å². The molecule has 2 fully saturated rings. The summed E-state index contributed by atoms with van der Waals surface area (Å²) in [6.07, 6.45) is 5.21. The van der Waals surface area contributed by atoms with E-state index in [2.05, 4.69) is 34.6 Å². The van der Waals surface area contributed by atoms with Crippen molar-refractivity contribution in [2.24, 2.45) is 0 Å². The first-order valence-electron chi connectivity index (χ1n) is 13.6. The molecule has 1 amide bonds. The van der Waals surface area contributed by atoms with E-state index in [1.54, 1.807) is 37.2 Å². The van der Waals surface area contributed by atoms with Crippen LogP contribution < -0.4 is 4.90 Å². The molecule has 12 heteroatoms. The molecule has 0 unspecified atom stereocenters. The number of rotatable bonds is 8. The second-order valence-electron chi connectivity index (χ2n) is 10.8. The molecule has 2 aromatic heterocycles. The molecule has 214 valence electrons. The predicted octanol–water partition coefficient (Wildman–Crippen LogP) is 3.03. The lowest BCUT2D eigenvalue weighted by molar-refractivity contribution is -0.137. The fourth-order valence-corrected chi connectivity index (χ4v) is 5.86. The summed E-state index contributed by atoms with van der Waals surface area (Å²) < 4.78 is 40.8. The average molecular weight is 557 g/mol. The maximum absolute atomic E-state index is 13.6. The van der Waals surface area contributed by atoms with Crippen LogP contribution >= 0.6 is 0 Å². The molecule has 3 aromatic rings. The van der Waals surface area contributed by atoms with Crippen molar-refractivity contribution < 1.29 is 18.0 Å². The van der Waals surface area contributed by atoms with Gasteiger partial charge in [0.2, 0.25) is 5.91 Å². The topological polar surface area (TPSA) is 84.5 Å². The SMILES string of the molecule is CN(Cc1cnc[nH]1)CC1(c2cccc(C(F)(F)F)c2)CCN(C(=O)CN2CCN(c3cnccn3)CC2)CC1. The number of halogens is 3. The molecule has 0 saturated carbocycles. The molecule has 9 nitrogen and oxygen atoms in total. The summed E-state index contributed by atoms with van der Waals surface area (Å²) in [6.45, 7) is 5.57. The third kappa shape index (κ3) is 6.61. The number of amides is 1. The van der Waals surface area contributed by atoms with Gasteiger partial charge in [-0.1, -0.05) is 18.2 Å². The minimum Gasteiger partial charge on any atom is -0.353 e. The summed E-state index contributed by atoms with van der Waals surface area (Å²) in [4.78, 5) is 37.2. The summed E-state index contributed by atoms with van der Waals surface area (Å²) in [7, 11) is 1.97. The van der Waals surface area contributed by atoms with Crippen LogP contribution in [0.5, 0.6) is 0 Å². The Labute approximate surface area is 232 Å². The van der Waals surface area contributed by atoms with Gasteiger partial charge in [-0.25, -0.2) is 9.97 Å². The molecule has 0 atom stereocenters. The molecule has 2 aliphatic heterocycles. The molecule has 0 radical (unpaired) electrons. The van der Waals surface area contributed by atoms with Crippen LogP contribution in [0.2, 0.25) is 0 Å². The van der Waals surface area contributed by atoms with E-state index in [1.165, 1.54) is 12.1 Å². The van der Waals surface area contributed by atoms with E-state index in [0.717, 1.165) is 43.8 Å². The van der Waals surface area contributed by atoms with Gasteiger partial charge in [0.1, 0.15) is 5.82 Å². The molecular formula is C28H35F3N8O. The predicted molar refractivity (Wildman–Crippen MR) is 145 cm³/mol. The van der Waals surface area contributed by atoms with Gasteiger partial charge in [0, 0.05) is 82.1 Å². The Hall–Kier alpha value is -3.51. The van der Waals surface area contributed by atoms with Gasteiger partial charge in [-0.05, 0) is 31.5 Å². The summed E-state index contributed by atoms with van der Waals surface area (Å²) >= 11 is 0. The zero-order valence-electron chi connectivity index (χ0n) is 22.6. The highest BCUT2D eigenvalue weighted by molar-refractivity contribution is 5.78. The van der Waals surface area contributed by atoms with Gasteiger partial charge in [-0.15, -0.1) is 0 Å². The Balaban J connectivity index is 1.23. The molecule has 2 saturated heterocycles. The van der Waals surface area contributed by atoms with Crippen LogP contribution in [-0.2, 0) is 22.9 Å². The summed E-state index contributed by atoms with van der Waals surface area (Å²) in [5.41, 5.74) is 0.467. The van der Waals surface area contributed by atoms with Crippen molar-refractivity contribution in [1.29, 1.82) is 0 Å². The number of aromatic amines is 1. The number of anilines is 1. The Bertz CT molecular complexity index is 1240. The summed E-state index contributed by atoms with van der Waals surface area (Å²) in [5, 5.41) is 0. The minimum absolute atomic E-state index is 0.0661. The van der Waals surface area contributed by atoms with Crippen LogP contribution in [0.4, 0.5) is 19.0 Å². The number of nitrogens with one attached hydrogen (secondary N) is 1. The van der Waals surface area contributed by atoms with Gasteiger partial charge in [-0.2, -0.15) is 13.2 Å². The van der Waals surface area contributed by atoms with E-state index in [0.29, 0.717) is 51.1 Å². The molecular weight excluding hydrogens is 521 g/mol. The lowest BCUT2D eigenvalue weighted by atomic mass is 9.72. The third-order valence-electron chi connectivity index (χ3n) is 8.05. The average Bonchev–Trinajstić information content (AvgIpc) is 3.47. The fourth-order valence-electron chi connectivity index (χ4n) is 5.86. The maximum Gasteiger partial charge on any atom is 0.416 e. The van der Waals surface area contributed by atoms with Crippen molar-refractivity contribution >= 4 is 11.7 Å². The number of carbonyl (C=O) groups excluding carboxylic acids is 1. The highest BCUT2D eigenvalue weighted by Crippen LogP contribution is 2.39. The van der Waals surface area contributed by atoms with E-state index >= 15 is 0 Å². The summed E-state index contributed by atoms with van der Waals surface area (Å²) in [6, 6.07) is 5.70. The lowest BCUT2D eigenvalue weighted by Gasteiger charge is -2.45. The number of piperidine rings is 1. The maximum atomic E-state index is 13.6. The van der Waals surface area contributed by atoms with Crippen molar-refractivity contribution in [2.45, 2.75) is 31.0 Å². The van der Waals surface area contributed by atoms with E-state index in [4.69, 9.17) is 0 Å². The highest BCUT2D eigenvalue weighted by atomic mass is 19.4. The number of hydrogen-bond donors (Lipinski definition) is 1. The Morgan fingerprint density at radius 2 is 1.82 bits per heavy atom. The Morgan fingerprint density at radius 3 is 2.48 bits per heavy atom. The summed E-state index contributed by atoms with van der Waals surface area (Å²) in [5.74, 6) is 0.907. The van der Waals surface area contributed by atoms with E-state index < -0.39 is 17.2 Å². The largest absolute Gasteiger partial charge is 0.416 e. The first-order chi connectivity index (χ1) is 19.2. The standard InChI is InChI=1S/C28H35F3N8O/c1-36(18-24-16-33-21-35-24)20-27(22-3-2-4-23(15-22)28(29,30)31)5-9-39(10-6-27)26(40)19-37-11-13-38(14-12-37)25-17-32-7-8-34-25/h2-4,7-8,15-17,21H,5-6,9-14,18-20H2,1H3,(H,33,35). The van der Waals surface area contributed by atoms with E-state index in [-0.39, 0.29) is 5.91 Å². The Kier molecular flexibility index (Phi) is 8.36. The van der Waals surface area contributed by atoms with Crippen molar-refractivity contribution in [3.63, 3.8) is 0 Å². The number of benzene rings is 1. The third-order valence-corrected chi connectivity index (χ3v) is 8.05. The van der Waals surface area contributed by atoms with E-state index in [9.17, 15) is 18.0 Å². The van der Waals surface area contributed by atoms with Crippen molar-refractivity contribution in [3.8, 4) is 0 Å². The first-order valence-corrected chi connectivity index (χ1v) is 13.6. The zero-order chi connectivity index (χ0) is 28.2. The molecule has 0 aliphatic carbocycles. The van der Waals surface area contributed by atoms with Crippen molar-refractivity contribution in [3.05, 3.63) is 72.2 Å². The van der Waals surface area contributed by atoms with Gasteiger partial charge in [0.25, 0.3) is 0 Å². The van der Waals surface area contributed by atoms with Gasteiger partial charge in [-0.3, -0.25) is 19.6 Å². The quantitative estimate of drug-likeness (QED) is 0.457. The number of aromatic nitrogens is 4. The second kappa shape index (κ2) is 11.9. The smallest absolute Gasteiger partial charge is 0.353 e. The van der Waals surface area contributed by atoms with Crippen LogP contribution in [0.1, 0.15) is 29.7 Å². The zero-order valence-corrected chi connectivity index (χ0v) is 22.6. The van der Waals surface area contributed by atoms with Crippen LogP contribution in [0, 0.1) is 0 Å². The van der Waals surface area contributed by atoms with Crippen molar-refractivity contribution in [2.75, 3.05) is 64.3 Å². The van der Waals surface area contributed by atoms with Gasteiger partial charge < -0.3 is 14.8 Å². The molecule has 0 spiro atoms. The van der Waals surface area contributed by atoms with Crippen LogP contribution in [0.15, 0.2) is 55.4 Å². The van der Waals surface area contributed by atoms with Gasteiger partial charge in [0.15, 0.2) is 0 Å². The number of piperazine rings is 1. The number of imidazole rings is 1. The van der Waals surface area contributed by atoms with Crippen LogP contribution in [-0.4, -0.2) is 99.9 Å². The number of H-pyrrole nitrogens is 1. The van der Waals surface area contributed by atoms with Crippen LogP contribution in [0.25, 0.3) is 0 Å². The number of nitrogens with zero attached hydrogens (tertiary/aromatic N) is 7. The minimum atomic E-state index is -4.41. The number of alkyl halides is 3. The van der Waals surface area contributed by atoms with Crippen molar-refractivity contribution in [1.82, 2.24) is 34.6 Å². The molecule has 5 rings (SSSR count). The molecule has 40 heavy (non-hydrogen) atoms. The number of carbonyl (C=O) groups is 1. The normalized spacial score (nSPS) is 18.3. The van der Waals surface area contributed by atoms with Gasteiger partial charge >= 0.3 is 6.18 Å². The first kappa shape index (κ1) is 28.0. The van der Waals surface area contributed by atoms with Gasteiger partial charge in [0.05, 0.1) is 24.6 Å². The molecule has 0 bridgehead atoms. The second-order valence-corrected chi connectivity index (χ2v) is 10.8. The fraction of sp³-hybridized carbons (Fsp3) is 0.500. The Morgan fingerprint density at radius 1 is 1.05 bits per heavy atom. The number of likely N-dealkylation sites (N-methyl/N-ethyl adjacent to an activating group) is 1. The number of likely N-dealkylation sites (tertiary alicyclic amines) is 1. The highest BCUT2D eigenvalue weighted by Gasteiger charge is 2.40. The number of hydrogen-bond acceptors (Lipinski definition) is 7.